The Morgan fingerprint density at radius 3 is 2.68 bits per heavy atom. The molecule has 2 N–H and O–H groups in total. The zero-order valence-corrected chi connectivity index (χ0v) is 15.0. The van der Waals surface area contributed by atoms with Crippen molar-refractivity contribution < 1.29 is 4.74 Å². The van der Waals surface area contributed by atoms with E-state index in [1.807, 2.05) is 36.4 Å². The number of nitrogens with zero attached hydrogens (tertiary/aromatic N) is 2. The largest absolute Gasteiger partial charge is 0.377 e. The van der Waals surface area contributed by atoms with Gasteiger partial charge in [-0.25, -0.2) is 0 Å². The van der Waals surface area contributed by atoms with Gasteiger partial charge in [-0.3, -0.25) is 0 Å². The molecule has 0 atom stereocenters. The van der Waals surface area contributed by atoms with Gasteiger partial charge in [0.05, 0.1) is 12.8 Å². The minimum Gasteiger partial charge on any atom is -0.377 e. The average molecular weight is 353 g/mol. The molecule has 2 aromatic carbocycles. The van der Waals surface area contributed by atoms with Crippen LogP contribution < -0.4 is 5.73 Å². The Hall–Kier alpha value is -2.11. The maximum absolute atomic E-state index is 5.92. The van der Waals surface area contributed by atoms with Gasteiger partial charge < -0.3 is 10.5 Å². The lowest BCUT2D eigenvalue weighted by Crippen LogP contribution is -2.06. The highest BCUT2D eigenvalue weighted by Gasteiger charge is 2.21. The third-order valence-electron chi connectivity index (χ3n) is 3.95. The Morgan fingerprint density at radius 1 is 1.12 bits per heavy atom. The van der Waals surface area contributed by atoms with E-state index < -0.39 is 0 Å². The van der Waals surface area contributed by atoms with Crippen molar-refractivity contribution in [2.75, 3.05) is 6.61 Å². The first-order chi connectivity index (χ1) is 12.3. The first-order valence-corrected chi connectivity index (χ1v) is 9.48. The summed E-state index contributed by atoms with van der Waals surface area (Å²) in [7, 11) is 0. The molecule has 0 heterocycles. The second-order valence-corrected chi connectivity index (χ2v) is 7.11. The van der Waals surface area contributed by atoms with Crippen LogP contribution in [0.1, 0.15) is 29.5 Å². The van der Waals surface area contributed by atoms with Crippen LogP contribution in [0.2, 0.25) is 0 Å². The van der Waals surface area contributed by atoms with E-state index in [2.05, 4.69) is 28.4 Å². The molecular formula is C20H23N3OS. The summed E-state index contributed by atoms with van der Waals surface area (Å²) >= 11 is 1.48. The molecule has 0 bridgehead atoms. The Kier molecular flexibility index (Phi) is 6.65. The highest BCUT2D eigenvalue weighted by molar-refractivity contribution is 8.13. The SMILES string of the molecule is NC(=NN=Cc1ccccc1COCC1CC1)SCc1ccccc1. The minimum absolute atomic E-state index is 0.461. The van der Waals surface area contributed by atoms with Crippen LogP contribution in [0.3, 0.4) is 0 Å². The molecule has 5 heteroatoms. The van der Waals surface area contributed by atoms with Crippen LogP contribution >= 0.6 is 11.8 Å². The highest BCUT2D eigenvalue weighted by Crippen LogP contribution is 2.29. The number of amidine groups is 1. The first kappa shape index (κ1) is 17.7. The van der Waals surface area contributed by atoms with Crippen LogP contribution in [0.5, 0.6) is 0 Å². The molecule has 0 spiro atoms. The monoisotopic (exact) mass is 353 g/mol. The van der Waals surface area contributed by atoms with Crippen LogP contribution in [-0.2, 0) is 17.1 Å². The Balaban J connectivity index is 1.51. The van der Waals surface area contributed by atoms with E-state index in [0.717, 1.165) is 29.4 Å². The van der Waals surface area contributed by atoms with Crippen molar-refractivity contribution in [2.45, 2.75) is 25.2 Å². The van der Waals surface area contributed by atoms with Crippen LogP contribution in [0.25, 0.3) is 0 Å². The fourth-order valence-corrected chi connectivity index (χ4v) is 2.93. The smallest absolute Gasteiger partial charge is 0.180 e. The number of hydrogen-bond acceptors (Lipinski definition) is 4. The number of nitrogens with two attached hydrogens (primary N) is 1. The summed E-state index contributed by atoms with van der Waals surface area (Å²) in [5, 5.41) is 8.67. The lowest BCUT2D eigenvalue weighted by molar-refractivity contribution is 0.111. The molecule has 0 aromatic heterocycles. The Labute approximate surface area is 153 Å². The molecule has 1 aliphatic carbocycles. The van der Waals surface area contributed by atoms with Crippen molar-refractivity contribution in [2.24, 2.45) is 21.9 Å². The van der Waals surface area contributed by atoms with E-state index in [-0.39, 0.29) is 0 Å². The van der Waals surface area contributed by atoms with Crippen LogP contribution in [0.15, 0.2) is 64.8 Å². The van der Waals surface area contributed by atoms with Crippen LogP contribution in [-0.4, -0.2) is 18.0 Å². The first-order valence-electron chi connectivity index (χ1n) is 8.50. The maximum Gasteiger partial charge on any atom is 0.180 e. The van der Waals surface area contributed by atoms with Gasteiger partial charge in [0.2, 0.25) is 0 Å². The fourth-order valence-electron chi connectivity index (χ4n) is 2.32. The molecule has 2 aromatic rings. The van der Waals surface area contributed by atoms with Gasteiger partial charge >= 0.3 is 0 Å². The summed E-state index contributed by atoms with van der Waals surface area (Å²) in [5.41, 5.74) is 9.27. The number of hydrogen-bond donors (Lipinski definition) is 1. The molecule has 1 aliphatic rings. The Morgan fingerprint density at radius 2 is 1.88 bits per heavy atom. The van der Waals surface area contributed by atoms with Gasteiger partial charge in [-0.2, -0.15) is 5.10 Å². The second-order valence-electron chi connectivity index (χ2n) is 6.11. The lowest BCUT2D eigenvalue weighted by atomic mass is 10.1. The van der Waals surface area contributed by atoms with Gasteiger partial charge in [-0.1, -0.05) is 66.4 Å². The van der Waals surface area contributed by atoms with Gasteiger partial charge in [0.25, 0.3) is 0 Å². The molecule has 4 nitrogen and oxygen atoms in total. The van der Waals surface area contributed by atoms with Crippen LogP contribution in [0, 0.1) is 5.92 Å². The summed E-state index contributed by atoms with van der Waals surface area (Å²) in [4.78, 5) is 0. The predicted molar refractivity (Wildman–Crippen MR) is 106 cm³/mol. The van der Waals surface area contributed by atoms with Gasteiger partial charge in [0.1, 0.15) is 0 Å². The lowest BCUT2D eigenvalue weighted by Gasteiger charge is -2.06. The maximum atomic E-state index is 5.92. The average Bonchev–Trinajstić information content (AvgIpc) is 3.46. The van der Waals surface area contributed by atoms with Crippen molar-refractivity contribution in [1.82, 2.24) is 0 Å². The zero-order chi connectivity index (χ0) is 17.3. The minimum atomic E-state index is 0.461. The molecule has 0 saturated heterocycles. The van der Waals surface area contributed by atoms with Gasteiger partial charge in [-0.15, -0.1) is 5.10 Å². The fraction of sp³-hybridized carbons (Fsp3) is 0.300. The van der Waals surface area contributed by atoms with Crippen molar-refractivity contribution in [1.29, 1.82) is 0 Å². The third kappa shape index (κ3) is 6.36. The quantitative estimate of drug-likeness (QED) is 0.440. The molecule has 0 aliphatic heterocycles. The van der Waals surface area contributed by atoms with E-state index >= 15 is 0 Å². The van der Waals surface area contributed by atoms with Gasteiger partial charge in [0, 0.05) is 17.9 Å². The van der Waals surface area contributed by atoms with Crippen LogP contribution in [0.4, 0.5) is 0 Å². The summed E-state index contributed by atoms with van der Waals surface area (Å²) in [5.74, 6) is 1.56. The summed E-state index contributed by atoms with van der Waals surface area (Å²) < 4.78 is 5.77. The normalized spacial score (nSPS) is 15.0. The topological polar surface area (TPSA) is 60.0 Å². The zero-order valence-electron chi connectivity index (χ0n) is 14.2. The molecule has 25 heavy (non-hydrogen) atoms. The number of benzene rings is 2. The number of thioether (sulfide) groups is 1. The molecular weight excluding hydrogens is 330 g/mol. The Bertz CT molecular complexity index is 727. The summed E-state index contributed by atoms with van der Waals surface area (Å²) in [6.45, 7) is 1.47. The molecule has 1 fully saturated rings. The highest BCUT2D eigenvalue weighted by atomic mass is 32.2. The molecule has 0 unspecified atom stereocenters. The van der Waals surface area contributed by atoms with Crippen molar-refractivity contribution in [3.05, 3.63) is 71.3 Å². The summed E-state index contributed by atoms with van der Waals surface area (Å²) in [6, 6.07) is 18.3. The van der Waals surface area contributed by atoms with E-state index in [0.29, 0.717) is 11.8 Å². The van der Waals surface area contributed by atoms with E-state index in [1.165, 1.54) is 30.2 Å². The van der Waals surface area contributed by atoms with E-state index in [4.69, 9.17) is 10.5 Å². The van der Waals surface area contributed by atoms with E-state index in [9.17, 15) is 0 Å². The van der Waals surface area contributed by atoms with Gasteiger partial charge in [0.15, 0.2) is 5.17 Å². The molecule has 0 amide bonds. The van der Waals surface area contributed by atoms with Crippen molar-refractivity contribution in [3.8, 4) is 0 Å². The molecule has 0 radical (unpaired) electrons. The molecule has 1 saturated carbocycles. The van der Waals surface area contributed by atoms with Crippen molar-refractivity contribution >= 4 is 23.1 Å². The third-order valence-corrected chi connectivity index (χ3v) is 4.80. The number of rotatable bonds is 8. The number of ether oxygens (including phenoxy) is 1. The second kappa shape index (κ2) is 9.39. The van der Waals surface area contributed by atoms with Crippen molar-refractivity contribution in [3.63, 3.8) is 0 Å². The molecule has 130 valence electrons. The standard InChI is InChI=1S/C20H23N3OS/c21-20(25-15-17-6-2-1-3-7-17)23-22-12-18-8-4-5-9-19(18)14-24-13-16-10-11-16/h1-9,12,16H,10-11,13-15H2,(H2,21,23). The van der Waals surface area contributed by atoms with Gasteiger partial charge in [-0.05, 0) is 29.9 Å². The predicted octanol–water partition coefficient (Wildman–Crippen LogP) is 4.20. The van der Waals surface area contributed by atoms with E-state index in [1.54, 1.807) is 6.21 Å². The summed E-state index contributed by atoms with van der Waals surface area (Å²) in [6.07, 6.45) is 4.35. The molecule has 3 rings (SSSR count).